The molecule has 0 radical (unpaired) electrons. The topological polar surface area (TPSA) is 47.9 Å². The molecular weight excluding hydrogens is 220 g/mol. The minimum atomic E-state index is -1.09. The van der Waals surface area contributed by atoms with Crippen LogP contribution in [0.15, 0.2) is 12.2 Å². The summed E-state index contributed by atoms with van der Waals surface area (Å²) in [6.45, 7) is 9.80. The highest BCUT2D eigenvalue weighted by Crippen LogP contribution is 2.40. The minimum Gasteiger partial charge on any atom is -0.380 e. The molecule has 1 saturated heterocycles. The predicted octanol–water partition coefficient (Wildman–Crippen LogP) is 1.62. The lowest BCUT2D eigenvalue weighted by Gasteiger charge is -2.31. The molecule has 0 spiro atoms. The zero-order chi connectivity index (χ0) is 12.9. The van der Waals surface area contributed by atoms with Crippen molar-refractivity contribution in [2.45, 2.75) is 63.8 Å². The molecule has 0 saturated carbocycles. The van der Waals surface area contributed by atoms with Gasteiger partial charge in [-0.3, -0.25) is 0 Å². The van der Waals surface area contributed by atoms with Gasteiger partial charge < -0.3 is 19.3 Å². The minimum absolute atomic E-state index is 0.182. The van der Waals surface area contributed by atoms with Crippen LogP contribution in [0.5, 0.6) is 0 Å². The summed E-state index contributed by atoms with van der Waals surface area (Å²) in [5.74, 6) is -0.643. The van der Waals surface area contributed by atoms with Crippen LogP contribution in [-0.4, -0.2) is 40.9 Å². The molecule has 1 aliphatic heterocycles. The van der Waals surface area contributed by atoms with Crippen LogP contribution in [0.25, 0.3) is 0 Å². The van der Waals surface area contributed by atoms with E-state index in [0.29, 0.717) is 0 Å². The summed E-state index contributed by atoms with van der Waals surface area (Å²) in [5.41, 5.74) is -1.37. The summed E-state index contributed by atoms with van der Waals surface area (Å²) >= 11 is 0. The highest BCUT2D eigenvalue weighted by molar-refractivity contribution is 5.22. The Morgan fingerprint density at radius 2 is 1.94 bits per heavy atom. The van der Waals surface area contributed by atoms with Gasteiger partial charge in [0.2, 0.25) is 0 Å². The first kappa shape index (κ1) is 13.0. The van der Waals surface area contributed by atoms with E-state index < -0.39 is 11.4 Å². The number of aliphatic hydroxyl groups is 1. The fourth-order valence-electron chi connectivity index (χ4n) is 2.14. The van der Waals surface area contributed by atoms with Crippen LogP contribution in [-0.2, 0) is 14.2 Å². The van der Waals surface area contributed by atoms with Gasteiger partial charge in [-0.2, -0.15) is 0 Å². The fourth-order valence-corrected chi connectivity index (χ4v) is 2.14. The van der Waals surface area contributed by atoms with Gasteiger partial charge in [0.1, 0.15) is 17.8 Å². The molecule has 0 aromatic carbocycles. The van der Waals surface area contributed by atoms with E-state index in [1.807, 2.05) is 40.7 Å². The standard InChI is InChI=1S/C13H22O4/c1-11(2,3)15-8-13(14)7-6-9-10(13)17-12(4,5)16-9/h6-7,9-10,14H,8H2,1-5H3/t9-,10-,13-/m1/s1. The average Bonchev–Trinajstić information content (AvgIpc) is 2.59. The van der Waals surface area contributed by atoms with Crippen LogP contribution in [0.2, 0.25) is 0 Å². The van der Waals surface area contributed by atoms with Crippen LogP contribution in [0, 0.1) is 0 Å². The Morgan fingerprint density at radius 3 is 2.53 bits per heavy atom. The lowest BCUT2D eigenvalue weighted by molar-refractivity contribution is -0.178. The maximum absolute atomic E-state index is 10.5. The summed E-state index contributed by atoms with van der Waals surface area (Å²) in [6.07, 6.45) is 3.02. The molecule has 0 aromatic rings. The Balaban J connectivity index is 2.05. The molecule has 0 bridgehead atoms. The first-order valence-electron chi connectivity index (χ1n) is 6.03. The Bertz CT molecular complexity index is 329. The van der Waals surface area contributed by atoms with E-state index in [1.54, 1.807) is 6.08 Å². The number of fused-ring (bicyclic) bond motifs is 1. The van der Waals surface area contributed by atoms with Crippen molar-refractivity contribution in [3.8, 4) is 0 Å². The summed E-state index contributed by atoms with van der Waals surface area (Å²) < 4.78 is 17.1. The van der Waals surface area contributed by atoms with Crippen molar-refractivity contribution in [3.63, 3.8) is 0 Å². The van der Waals surface area contributed by atoms with Crippen molar-refractivity contribution in [1.29, 1.82) is 0 Å². The average molecular weight is 242 g/mol. The monoisotopic (exact) mass is 242 g/mol. The van der Waals surface area contributed by atoms with Gasteiger partial charge in [0.25, 0.3) is 0 Å². The highest BCUT2D eigenvalue weighted by atomic mass is 16.8. The zero-order valence-corrected chi connectivity index (χ0v) is 11.2. The summed E-state index contributed by atoms with van der Waals surface area (Å²) in [7, 11) is 0. The van der Waals surface area contributed by atoms with E-state index in [-0.39, 0.29) is 24.4 Å². The van der Waals surface area contributed by atoms with E-state index in [4.69, 9.17) is 14.2 Å². The lowest BCUT2D eigenvalue weighted by atomic mass is 10.0. The largest absolute Gasteiger partial charge is 0.380 e. The Kier molecular flexibility index (Phi) is 2.90. The molecule has 2 aliphatic rings. The van der Waals surface area contributed by atoms with Crippen molar-refractivity contribution in [2.24, 2.45) is 0 Å². The number of hydrogen-bond acceptors (Lipinski definition) is 4. The van der Waals surface area contributed by atoms with Gasteiger partial charge >= 0.3 is 0 Å². The van der Waals surface area contributed by atoms with E-state index in [0.717, 1.165) is 0 Å². The molecule has 1 heterocycles. The van der Waals surface area contributed by atoms with Crippen molar-refractivity contribution < 1.29 is 19.3 Å². The van der Waals surface area contributed by atoms with Gasteiger partial charge in [-0.15, -0.1) is 0 Å². The first-order chi connectivity index (χ1) is 7.61. The second-order valence-corrected chi connectivity index (χ2v) is 6.27. The van der Waals surface area contributed by atoms with Gasteiger partial charge in [-0.1, -0.05) is 6.08 Å². The van der Waals surface area contributed by atoms with Crippen LogP contribution in [0.4, 0.5) is 0 Å². The molecule has 4 nitrogen and oxygen atoms in total. The molecule has 4 heteroatoms. The maximum atomic E-state index is 10.5. The second kappa shape index (κ2) is 3.79. The van der Waals surface area contributed by atoms with E-state index in [1.165, 1.54) is 0 Å². The SMILES string of the molecule is CC(C)(C)OC[C@]1(O)C=C[C@H]2OC(C)(C)O[C@H]21. The van der Waals surface area contributed by atoms with E-state index >= 15 is 0 Å². The molecule has 3 atom stereocenters. The number of hydrogen-bond donors (Lipinski definition) is 1. The third-order valence-electron chi connectivity index (χ3n) is 2.93. The maximum Gasteiger partial charge on any atom is 0.164 e. The molecule has 98 valence electrons. The normalized spacial score (nSPS) is 39.6. The third kappa shape index (κ3) is 2.71. The van der Waals surface area contributed by atoms with Crippen LogP contribution in [0.1, 0.15) is 34.6 Å². The molecule has 1 aliphatic carbocycles. The predicted molar refractivity (Wildman–Crippen MR) is 63.6 cm³/mol. The van der Waals surface area contributed by atoms with Crippen molar-refractivity contribution in [2.75, 3.05) is 6.61 Å². The number of rotatable bonds is 2. The van der Waals surface area contributed by atoms with Crippen LogP contribution < -0.4 is 0 Å². The number of ether oxygens (including phenoxy) is 3. The van der Waals surface area contributed by atoms with Gasteiger partial charge in [0.15, 0.2) is 5.79 Å². The van der Waals surface area contributed by atoms with Gasteiger partial charge in [-0.25, -0.2) is 0 Å². The molecule has 0 unspecified atom stereocenters. The zero-order valence-electron chi connectivity index (χ0n) is 11.2. The summed E-state index contributed by atoms with van der Waals surface area (Å²) in [4.78, 5) is 0. The Hall–Kier alpha value is -0.420. The third-order valence-corrected chi connectivity index (χ3v) is 2.93. The first-order valence-corrected chi connectivity index (χ1v) is 6.03. The lowest BCUT2D eigenvalue weighted by Crippen LogP contribution is -2.47. The second-order valence-electron chi connectivity index (χ2n) is 6.27. The van der Waals surface area contributed by atoms with Crippen LogP contribution >= 0.6 is 0 Å². The summed E-state index contributed by atoms with van der Waals surface area (Å²) in [5, 5.41) is 10.5. The molecule has 0 aromatic heterocycles. The Morgan fingerprint density at radius 1 is 1.29 bits per heavy atom. The molecule has 0 amide bonds. The smallest absolute Gasteiger partial charge is 0.164 e. The van der Waals surface area contributed by atoms with Crippen LogP contribution in [0.3, 0.4) is 0 Å². The Labute approximate surface area is 103 Å². The molecule has 17 heavy (non-hydrogen) atoms. The summed E-state index contributed by atoms with van der Waals surface area (Å²) in [6, 6.07) is 0. The molecular formula is C13H22O4. The van der Waals surface area contributed by atoms with Crippen molar-refractivity contribution in [3.05, 3.63) is 12.2 Å². The van der Waals surface area contributed by atoms with E-state index in [9.17, 15) is 5.11 Å². The molecule has 1 fully saturated rings. The van der Waals surface area contributed by atoms with Gasteiger partial charge in [0.05, 0.1) is 12.2 Å². The molecule has 1 N–H and O–H groups in total. The molecule has 2 rings (SSSR count). The van der Waals surface area contributed by atoms with Gasteiger partial charge in [-0.05, 0) is 40.7 Å². The van der Waals surface area contributed by atoms with E-state index in [2.05, 4.69) is 0 Å². The van der Waals surface area contributed by atoms with Crippen molar-refractivity contribution in [1.82, 2.24) is 0 Å². The highest BCUT2D eigenvalue weighted by Gasteiger charge is 2.54. The van der Waals surface area contributed by atoms with Gasteiger partial charge in [0, 0.05) is 0 Å². The fraction of sp³-hybridized carbons (Fsp3) is 0.846. The quantitative estimate of drug-likeness (QED) is 0.748. The van der Waals surface area contributed by atoms with Crippen molar-refractivity contribution >= 4 is 0 Å².